The highest BCUT2D eigenvalue weighted by Crippen LogP contribution is 2.33. The van der Waals surface area contributed by atoms with Crippen LogP contribution in [0.4, 0.5) is 0 Å². The Hall–Kier alpha value is -1.49. The Morgan fingerprint density at radius 3 is 2.90 bits per heavy atom. The molecule has 1 unspecified atom stereocenters. The number of aldehydes is 1. The molecule has 108 valence electrons. The van der Waals surface area contributed by atoms with Crippen molar-refractivity contribution < 1.29 is 9.59 Å². The van der Waals surface area contributed by atoms with E-state index in [0.29, 0.717) is 23.4 Å². The van der Waals surface area contributed by atoms with Gasteiger partial charge in [0.25, 0.3) is 0 Å². The molecule has 2 heterocycles. The molecule has 0 radical (unpaired) electrons. The highest BCUT2D eigenvalue weighted by atomic mass is 35.5. The first kappa shape index (κ1) is 14.4. The Balaban J connectivity index is 1.96. The van der Waals surface area contributed by atoms with Crippen molar-refractivity contribution in [1.82, 2.24) is 4.90 Å². The molecule has 3 rings (SSSR count). The molecule has 3 nitrogen and oxygen atoms in total. The van der Waals surface area contributed by atoms with Gasteiger partial charge < -0.3 is 0 Å². The molecule has 2 aromatic rings. The number of ketones is 1. The van der Waals surface area contributed by atoms with Gasteiger partial charge in [0.2, 0.25) is 5.78 Å². The number of carbonyl (C=O) groups is 2. The summed E-state index contributed by atoms with van der Waals surface area (Å²) in [7, 11) is 0. The van der Waals surface area contributed by atoms with E-state index in [2.05, 4.69) is 11.4 Å². The second-order valence-electron chi connectivity index (χ2n) is 5.03. The van der Waals surface area contributed by atoms with Crippen LogP contribution in [0.2, 0.25) is 5.02 Å². The van der Waals surface area contributed by atoms with Crippen LogP contribution < -0.4 is 0 Å². The normalized spacial score (nSPS) is 16.2. The molecular weight excluding hydrogens is 306 g/mol. The number of hydrogen-bond donors (Lipinski definition) is 0. The van der Waals surface area contributed by atoms with Crippen LogP contribution in [0.3, 0.4) is 0 Å². The smallest absolute Gasteiger partial charge is 0.216 e. The van der Waals surface area contributed by atoms with Gasteiger partial charge in [-0.2, -0.15) is 0 Å². The molecule has 0 saturated carbocycles. The lowest BCUT2D eigenvalue weighted by atomic mass is 9.98. The minimum Gasteiger partial charge on any atom is -0.295 e. The largest absolute Gasteiger partial charge is 0.295 e. The summed E-state index contributed by atoms with van der Waals surface area (Å²) in [5.41, 5.74) is 1.94. The number of halogens is 1. The number of benzene rings is 1. The van der Waals surface area contributed by atoms with Crippen LogP contribution >= 0.6 is 22.9 Å². The molecule has 1 aliphatic rings. The Morgan fingerprint density at radius 1 is 1.33 bits per heavy atom. The lowest BCUT2D eigenvalue weighted by Gasteiger charge is -2.33. The first-order valence-electron chi connectivity index (χ1n) is 6.73. The van der Waals surface area contributed by atoms with Crippen LogP contribution in [0.15, 0.2) is 35.7 Å². The molecule has 1 aliphatic heterocycles. The zero-order chi connectivity index (χ0) is 14.8. The summed E-state index contributed by atoms with van der Waals surface area (Å²) >= 11 is 7.97. The molecule has 1 atom stereocenters. The van der Waals surface area contributed by atoms with Gasteiger partial charge in [0.05, 0.1) is 0 Å². The Bertz CT molecular complexity index is 682. The van der Waals surface area contributed by atoms with Crippen LogP contribution in [-0.4, -0.2) is 23.5 Å². The van der Waals surface area contributed by atoms with Crippen molar-refractivity contribution in [2.24, 2.45) is 0 Å². The number of fused-ring (bicyclic) bond motifs is 1. The highest BCUT2D eigenvalue weighted by Gasteiger charge is 2.31. The monoisotopic (exact) mass is 319 g/mol. The zero-order valence-corrected chi connectivity index (χ0v) is 12.9. The summed E-state index contributed by atoms with van der Waals surface area (Å²) in [6, 6.07) is 8.72. The van der Waals surface area contributed by atoms with Crippen LogP contribution in [0.25, 0.3) is 0 Å². The summed E-state index contributed by atoms with van der Waals surface area (Å²) in [4.78, 5) is 26.6. The molecule has 0 spiro atoms. The van der Waals surface area contributed by atoms with E-state index in [1.807, 2.05) is 23.1 Å². The van der Waals surface area contributed by atoms with Crippen molar-refractivity contribution in [2.45, 2.75) is 19.0 Å². The maximum Gasteiger partial charge on any atom is 0.216 e. The summed E-state index contributed by atoms with van der Waals surface area (Å²) in [6.45, 7) is 1.43. The fraction of sp³-hybridized carbons (Fsp3) is 0.250. The summed E-state index contributed by atoms with van der Waals surface area (Å²) in [5, 5.41) is 2.59. The van der Waals surface area contributed by atoms with Crippen molar-refractivity contribution >= 4 is 35.0 Å². The Morgan fingerprint density at radius 2 is 2.14 bits per heavy atom. The minimum absolute atomic E-state index is 0.400. The average molecular weight is 320 g/mol. The molecule has 1 aromatic heterocycles. The minimum atomic E-state index is -0.593. The van der Waals surface area contributed by atoms with Gasteiger partial charge in [-0.3, -0.25) is 14.5 Å². The Kier molecular flexibility index (Phi) is 4.19. The predicted octanol–water partition coefficient (Wildman–Crippen LogP) is 3.27. The number of thiophene rings is 1. The predicted molar refractivity (Wildman–Crippen MR) is 83.7 cm³/mol. The second-order valence-corrected chi connectivity index (χ2v) is 6.44. The van der Waals surface area contributed by atoms with Crippen LogP contribution in [0, 0.1) is 0 Å². The van der Waals surface area contributed by atoms with Crippen molar-refractivity contribution in [3.63, 3.8) is 0 Å². The lowest BCUT2D eigenvalue weighted by molar-refractivity contribution is -0.134. The SMILES string of the molecule is O=CC(=O)C(c1ccccc1Cl)N1CCc2sccc2C1. The number of nitrogens with zero attached hydrogens (tertiary/aromatic N) is 1. The van der Waals surface area contributed by atoms with Gasteiger partial charge in [0.1, 0.15) is 6.04 Å². The molecule has 0 saturated heterocycles. The number of rotatable bonds is 4. The third-order valence-electron chi connectivity index (χ3n) is 3.79. The molecule has 1 aromatic carbocycles. The second kappa shape index (κ2) is 6.10. The van der Waals surface area contributed by atoms with E-state index in [-0.39, 0.29) is 0 Å². The van der Waals surface area contributed by atoms with Crippen LogP contribution in [-0.2, 0) is 22.6 Å². The molecule has 0 aliphatic carbocycles. The van der Waals surface area contributed by atoms with E-state index in [1.54, 1.807) is 17.4 Å². The van der Waals surface area contributed by atoms with E-state index in [4.69, 9.17) is 11.6 Å². The standard InChI is InChI=1S/C16H14ClNO2S/c17-13-4-2-1-3-12(13)16(14(20)10-19)18-7-5-15-11(9-18)6-8-21-15/h1-4,6,8,10,16H,5,7,9H2. The van der Waals surface area contributed by atoms with Gasteiger partial charge in [0, 0.05) is 23.0 Å². The molecule has 5 heteroatoms. The number of hydrogen-bond acceptors (Lipinski definition) is 4. The quantitative estimate of drug-likeness (QED) is 0.641. The van der Waals surface area contributed by atoms with Crippen LogP contribution in [0.5, 0.6) is 0 Å². The third-order valence-corrected chi connectivity index (χ3v) is 5.16. The van der Waals surface area contributed by atoms with Gasteiger partial charge in [-0.05, 0) is 35.1 Å². The summed E-state index contributed by atoms with van der Waals surface area (Å²) in [6.07, 6.45) is 1.30. The highest BCUT2D eigenvalue weighted by molar-refractivity contribution is 7.10. The molecule has 0 fully saturated rings. The van der Waals surface area contributed by atoms with Crippen molar-refractivity contribution in [2.75, 3.05) is 6.54 Å². The van der Waals surface area contributed by atoms with Gasteiger partial charge >= 0.3 is 0 Å². The van der Waals surface area contributed by atoms with Crippen molar-refractivity contribution in [1.29, 1.82) is 0 Å². The Labute approximate surface area is 132 Å². The average Bonchev–Trinajstić information content (AvgIpc) is 2.97. The van der Waals surface area contributed by atoms with Gasteiger partial charge in [0.15, 0.2) is 6.29 Å². The molecule has 0 amide bonds. The summed E-state index contributed by atoms with van der Waals surface area (Å²) < 4.78 is 0. The molecular formula is C16H14ClNO2S. The maximum absolute atomic E-state index is 12.1. The van der Waals surface area contributed by atoms with E-state index < -0.39 is 11.8 Å². The fourth-order valence-electron chi connectivity index (χ4n) is 2.78. The van der Waals surface area contributed by atoms with E-state index >= 15 is 0 Å². The van der Waals surface area contributed by atoms with Gasteiger partial charge in [-0.1, -0.05) is 29.8 Å². The number of Topliss-reactive ketones (excluding diaryl/α,β-unsaturated/α-hetero) is 1. The first-order valence-corrected chi connectivity index (χ1v) is 7.99. The zero-order valence-electron chi connectivity index (χ0n) is 11.3. The first-order chi connectivity index (χ1) is 10.2. The fourth-order valence-corrected chi connectivity index (χ4v) is 3.91. The topological polar surface area (TPSA) is 37.4 Å². The molecule has 0 N–H and O–H groups in total. The van der Waals surface area contributed by atoms with Crippen LogP contribution in [0.1, 0.15) is 22.0 Å². The molecule has 21 heavy (non-hydrogen) atoms. The van der Waals surface area contributed by atoms with E-state index in [1.165, 1.54) is 10.4 Å². The van der Waals surface area contributed by atoms with Gasteiger partial charge in [-0.25, -0.2) is 0 Å². The van der Waals surface area contributed by atoms with Crippen molar-refractivity contribution in [3.8, 4) is 0 Å². The number of carbonyl (C=O) groups excluding carboxylic acids is 2. The van der Waals surface area contributed by atoms with E-state index in [9.17, 15) is 9.59 Å². The third kappa shape index (κ3) is 2.79. The lowest BCUT2D eigenvalue weighted by Crippen LogP contribution is -2.38. The van der Waals surface area contributed by atoms with E-state index in [0.717, 1.165) is 13.0 Å². The van der Waals surface area contributed by atoms with Crippen molar-refractivity contribution in [3.05, 3.63) is 56.7 Å². The van der Waals surface area contributed by atoms with Gasteiger partial charge in [-0.15, -0.1) is 11.3 Å². The molecule has 0 bridgehead atoms. The summed E-state index contributed by atoms with van der Waals surface area (Å²) in [5.74, 6) is -0.443. The maximum atomic E-state index is 12.1.